The number of ketones is 2. The minimum atomic E-state index is -1.27. The molecule has 1 aromatic rings. The van der Waals surface area contributed by atoms with Gasteiger partial charge in [0.15, 0.2) is 22.8 Å². The first kappa shape index (κ1) is 20.2. The molecule has 4 bridgehead atoms. The molecule has 0 radical (unpaired) electrons. The monoisotopic (exact) mass is 422 g/mol. The van der Waals surface area contributed by atoms with E-state index in [9.17, 15) is 14.4 Å². The molecule has 0 N–H and O–H groups in total. The van der Waals surface area contributed by atoms with Crippen molar-refractivity contribution >= 4 is 17.5 Å². The van der Waals surface area contributed by atoms with E-state index in [1.807, 2.05) is 33.8 Å². The van der Waals surface area contributed by atoms with Crippen LogP contribution >= 0.6 is 0 Å². The number of Topliss-reactive ketones (excluding diaryl/α,β-unsaturated/α-hetero) is 2. The highest BCUT2D eigenvalue weighted by atomic mass is 16.6. The summed E-state index contributed by atoms with van der Waals surface area (Å²) in [5, 5.41) is 0. The van der Waals surface area contributed by atoms with E-state index in [4.69, 9.17) is 14.2 Å². The summed E-state index contributed by atoms with van der Waals surface area (Å²) in [4.78, 5) is 39.1. The molecular formula is C25H26O6. The molecule has 0 amide bonds. The Morgan fingerprint density at radius 1 is 1.23 bits per heavy atom. The predicted octanol–water partition coefficient (Wildman–Crippen LogP) is 3.97. The molecule has 0 aromatic heterocycles. The number of ether oxygens (including phenoxy) is 3. The zero-order chi connectivity index (χ0) is 22.3. The van der Waals surface area contributed by atoms with Crippen molar-refractivity contribution in [2.75, 3.05) is 0 Å². The average molecular weight is 422 g/mol. The fourth-order valence-electron chi connectivity index (χ4n) is 6.05. The maximum absolute atomic E-state index is 13.8. The fourth-order valence-corrected chi connectivity index (χ4v) is 6.05. The third kappa shape index (κ3) is 2.39. The lowest BCUT2D eigenvalue weighted by molar-refractivity contribution is -0.171. The summed E-state index contributed by atoms with van der Waals surface area (Å²) in [6.45, 7) is 9.19. The number of allylic oxidation sites excluding steroid dienone is 2. The molecule has 3 aliphatic carbocycles. The zero-order valence-corrected chi connectivity index (χ0v) is 18.4. The van der Waals surface area contributed by atoms with Crippen molar-refractivity contribution < 1.29 is 28.6 Å². The van der Waals surface area contributed by atoms with Crippen molar-refractivity contribution in [3.8, 4) is 11.5 Å². The standard InChI is InChI=1S/C25H26O6/c1-13(2)9-10-24-22(28)15-11-16-21(27)20-17(29-14(3)26)7-6-8-18(20)30-25(16,24)19(12-15)23(4,5)31-24/h6-9,11,15,19H,10,12H2,1-5H3. The van der Waals surface area contributed by atoms with Crippen LogP contribution in [0.1, 0.15) is 57.8 Å². The summed E-state index contributed by atoms with van der Waals surface area (Å²) in [6, 6.07) is 4.96. The van der Waals surface area contributed by atoms with E-state index in [2.05, 4.69) is 0 Å². The molecule has 31 heavy (non-hydrogen) atoms. The molecular weight excluding hydrogens is 396 g/mol. The van der Waals surface area contributed by atoms with Crippen molar-refractivity contribution in [1.29, 1.82) is 0 Å². The Kier molecular flexibility index (Phi) is 4.01. The lowest BCUT2D eigenvalue weighted by Crippen LogP contribution is -2.72. The van der Waals surface area contributed by atoms with Gasteiger partial charge < -0.3 is 14.2 Å². The Morgan fingerprint density at radius 2 is 1.97 bits per heavy atom. The van der Waals surface area contributed by atoms with Crippen LogP contribution < -0.4 is 9.47 Å². The van der Waals surface area contributed by atoms with Gasteiger partial charge in [-0.25, -0.2) is 0 Å². The van der Waals surface area contributed by atoms with Gasteiger partial charge in [-0.15, -0.1) is 0 Å². The Balaban J connectivity index is 1.77. The topological polar surface area (TPSA) is 78.9 Å². The zero-order valence-electron chi connectivity index (χ0n) is 18.4. The predicted molar refractivity (Wildman–Crippen MR) is 112 cm³/mol. The van der Waals surface area contributed by atoms with Crippen LogP contribution in [0.3, 0.4) is 0 Å². The quantitative estimate of drug-likeness (QED) is 0.417. The first-order chi connectivity index (χ1) is 14.5. The summed E-state index contributed by atoms with van der Waals surface area (Å²) in [5.41, 5.74) is -1.37. The van der Waals surface area contributed by atoms with Crippen LogP contribution in [0.2, 0.25) is 0 Å². The summed E-state index contributed by atoms with van der Waals surface area (Å²) in [6.07, 6.45) is 4.68. The molecule has 1 aromatic carbocycles. The van der Waals surface area contributed by atoms with Crippen LogP contribution in [-0.4, -0.2) is 34.3 Å². The number of fused-ring (bicyclic) bond motifs is 1. The van der Waals surface area contributed by atoms with Gasteiger partial charge in [0.2, 0.25) is 0 Å². The molecule has 4 atom stereocenters. The normalized spacial score (nSPS) is 33.8. The molecule has 1 saturated heterocycles. The maximum Gasteiger partial charge on any atom is 0.308 e. The second-order valence-corrected chi connectivity index (χ2v) is 9.75. The molecule has 2 aliphatic heterocycles. The van der Waals surface area contributed by atoms with Gasteiger partial charge in [0, 0.05) is 30.8 Å². The molecule has 6 rings (SSSR count). The molecule has 162 valence electrons. The highest BCUT2D eigenvalue weighted by Crippen LogP contribution is 2.67. The Hall–Kier alpha value is -2.73. The summed E-state index contributed by atoms with van der Waals surface area (Å²) in [5.74, 6) is -0.871. The second kappa shape index (κ2) is 6.16. The highest BCUT2D eigenvalue weighted by Gasteiger charge is 2.81. The minimum absolute atomic E-state index is 0.0250. The smallest absolute Gasteiger partial charge is 0.308 e. The molecule has 5 aliphatic rings. The lowest BCUT2D eigenvalue weighted by Gasteiger charge is -2.56. The first-order valence-electron chi connectivity index (χ1n) is 10.7. The summed E-state index contributed by atoms with van der Waals surface area (Å²) in [7, 11) is 0. The number of benzene rings is 1. The number of hydrogen-bond acceptors (Lipinski definition) is 6. The van der Waals surface area contributed by atoms with E-state index in [-0.39, 0.29) is 28.8 Å². The second-order valence-electron chi connectivity index (χ2n) is 9.75. The van der Waals surface area contributed by atoms with E-state index < -0.39 is 28.7 Å². The van der Waals surface area contributed by atoms with E-state index in [1.54, 1.807) is 24.3 Å². The van der Waals surface area contributed by atoms with Gasteiger partial charge in [-0.2, -0.15) is 0 Å². The third-order valence-electron chi connectivity index (χ3n) is 7.14. The maximum atomic E-state index is 13.8. The first-order valence-corrected chi connectivity index (χ1v) is 10.7. The minimum Gasteiger partial charge on any atom is -0.478 e. The van der Waals surface area contributed by atoms with Gasteiger partial charge in [-0.3, -0.25) is 14.4 Å². The van der Waals surface area contributed by atoms with Crippen LogP contribution in [0.15, 0.2) is 41.5 Å². The molecule has 6 nitrogen and oxygen atoms in total. The molecule has 1 saturated carbocycles. The van der Waals surface area contributed by atoms with Crippen molar-refractivity contribution in [2.45, 2.75) is 64.3 Å². The van der Waals surface area contributed by atoms with Gasteiger partial charge in [0.05, 0.1) is 5.60 Å². The molecule has 6 heteroatoms. The van der Waals surface area contributed by atoms with Crippen molar-refractivity contribution in [3.63, 3.8) is 0 Å². The number of carbonyl (C=O) groups is 3. The number of rotatable bonds is 3. The van der Waals surface area contributed by atoms with Crippen LogP contribution in [0.25, 0.3) is 0 Å². The van der Waals surface area contributed by atoms with Crippen molar-refractivity contribution in [3.05, 3.63) is 47.1 Å². The van der Waals surface area contributed by atoms with Crippen molar-refractivity contribution in [1.82, 2.24) is 0 Å². The van der Waals surface area contributed by atoms with Crippen LogP contribution in [0.4, 0.5) is 0 Å². The summed E-state index contributed by atoms with van der Waals surface area (Å²) >= 11 is 0. The number of hydrogen-bond donors (Lipinski definition) is 0. The number of carbonyl (C=O) groups excluding carboxylic acids is 3. The fraction of sp³-hybridized carbons (Fsp3) is 0.480. The van der Waals surface area contributed by atoms with Crippen LogP contribution in [0, 0.1) is 11.8 Å². The molecule has 2 fully saturated rings. The van der Waals surface area contributed by atoms with Gasteiger partial charge in [0.1, 0.15) is 17.1 Å². The van der Waals surface area contributed by atoms with Gasteiger partial charge in [-0.05, 0) is 46.2 Å². The Bertz CT molecular complexity index is 1110. The van der Waals surface area contributed by atoms with Crippen LogP contribution in [0.5, 0.6) is 11.5 Å². The average Bonchev–Trinajstić information content (AvgIpc) is 2.83. The number of esters is 1. The van der Waals surface area contributed by atoms with E-state index in [1.165, 1.54) is 6.92 Å². The Labute approximate surface area is 181 Å². The van der Waals surface area contributed by atoms with Gasteiger partial charge in [0.25, 0.3) is 0 Å². The van der Waals surface area contributed by atoms with Crippen LogP contribution in [-0.2, 0) is 14.3 Å². The Morgan fingerprint density at radius 3 is 2.65 bits per heavy atom. The van der Waals surface area contributed by atoms with Gasteiger partial charge in [-0.1, -0.05) is 23.8 Å². The van der Waals surface area contributed by atoms with E-state index in [0.717, 1.165) is 5.57 Å². The highest BCUT2D eigenvalue weighted by molar-refractivity contribution is 6.18. The summed E-state index contributed by atoms with van der Waals surface area (Å²) < 4.78 is 18.6. The third-order valence-corrected chi connectivity index (χ3v) is 7.14. The van der Waals surface area contributed by atoms with E-state index in [0.29, 0.717) is 24.2 Å². The molecule has 2 heterocycles. The van der Waals surface area contributed by atoms with E-state index >= 15 is 0 Å². The molecule has 1 spiro atoms. The van der Waals surface area contributed by atoms with Gasteiger partial charge >= 0.3 is 5.97 Å². The SMILES string of the molecule is CC(=O)Oc1cccc2c1C(=O)C1=CC3CC4C(C)(C)OC(CC=C(C)C)(C3=O)C14O2. The lowest BCUT2D eigenvalue weighted by atomic mass is 9.51. The largest absolute Gasteiger partial charge is 0.478 e. The van der Waals surface area contributed by atoms with Crippen molar-refractivity contribution in [2.24, 2.45) is 11.8 Å². The molecule has 4 unspecified atom stereocenters.